The Morgan fingerprint density at radius 1 is 0.708 bits per heavy atom. The van der Waals surface area contributed by atoms with E-state index in [0.29, 0.717) is 16.2 Å². The molecule has 0 radical (unpaired) electrons. The maximum atomic E-state index is 14.0. The minimum Gasteiger partial charge on any atom is -0.305 e. The summed E-state index contributed by atoms with van der Waals surface area (Å²) in [6.07, 6.45) is 0. The van der Waals surface area contributed by atoms with E-state index < -0.39 is 7.14 Å². The lowest BCUT2D eigenvalue weighted by Crippen LogP contribution is -2.23. The predicted molar refractivity (Wildman–Crippen MR) is 100 cm³/mol. The highest BCUT2D eigenvalue weighted by Crippen LogP contribution is 2.47. The van der Waals surface area contributed by atoms with Gasteiger partial charge in [0.25, 0.3) is 0 Å². The van der Waals surface area contributed by atoms with Gasteiger partial charge in [-0.2, -0.15) is 0 Å². The van der Waals surface area contributed by atoms with Crippen molar-refractivity contribution >= 4 is 23.3 Å². The molecule has 0 saturated carbocycles. The Kier molecular flexibility index (Phi) is 4.51. The zero-order chi connectivity index (χ0) is 17.2. The molecule has 0 aliphatic heterocycles. The van der Waals surface area contributed by atoms with E-state index in [1.165, 1.54) is 0 Å². The van der Waals surface area contributed by atoms with E-state index in [0.717, 1.165) is 11.1 Å². The Morgan fingerprint density at radius 2 is 1.21 bits per heavy atom. The normalized spacial score (nSPS) is 11.2. The van der Waals surface area contributed by atoms with Crippen LogP contribution in [-0.2, 0) is 4.57 Å². The molecule has 3 aromatic rings. The summed E-state index contributed by atoms with van der Waals surface area (Å²) in [7, 11) is -3.42. The molecule has 24 heavy (non-hydrogen) atoms. The molecular weight excluding hydrogens is 315 g/mol. The molecule has 0 bridgehead atoms. The topological polar surface area (TPSA) is 34.1 Å². The Bertz CT molecular complexity index is 872. The van der Waals surface area contributed by atoms with Crippen LogP contribution in [0.4, 0.5) is 0 Å². The van der Waals surface area contributed by atoms with Gasteiger partial charge in [0, 0.05) is 16.2 Å². The summed E-state index contributed by atoms with van der Waals surface area (Å²) in [5.41, 5.74) is 2.13. The average molecular weight is 334 g/mol. The van der Waals surface area contributed by atoms with Crippen molar-refractivity contribution in [2.45, 2.75) is 13.8 Å². The molecule has 0 fully saturated rings. The zero-order valence-electron chi connectivity index (χ0n) is 13.8. The van der Waals surface area contributed by atoms with Crippen LogP contribution in [0.25, 0.3) is 0 Å². The van der Waals surface area contributed by atoms with E-state index in [2.05, 4.69) is 0 Å². The molecular formula is C21H19O2P. The number of carbonyl (C=O) groups is 1. The maximum absolute atomic E-state index is 14.0. The van der Waals surface area contributed by atoms with Gasteiger partial charge in [-0.1, -0.05) is 78.9 Å². The zero-order valence-corrected chi connectivity index (χ0v) is 14.7. The molecule has 0 aromatic heterocycles. The third-order valence-electron chi connectivity index (χ3n) is 4.36. The molecule has 0 saturated heterocycles. The fraction of sp³-hybridized carbons (Fsp3) is 0.0952. The van der Waals surface area contributed by atoms with Gasteiger partial charge < -0.3 is 4.57 Å². The maximum Gasteiger partial charge on any atom is 0.230 e. The van der Waals surface area contributed by atoms with Crippen LogP contribution in [0.15, 0.2) is 78.9 Å². The van der Waals surface area contributed by atoms with Crippen LogP contribution in [-0.4, -0.2) is 5.52 Å². The van der Waals surface area contributed by atoms with E-state index in [4.69, 9.17) is 0 Å². The molecule has 0 heterocycles. The van der Waals surface area contributed by atoms with Gasteiger partial charge in [-0.15, -0.1) is 0 Å². The quantitative estimate of drug-likeness (QED) is 0.660. The number of aryl methyl sites for hydroxylation is 1. The third-order valence-corrected chi connectivity index (χ3v) is 7.22. The van der Waals surface area contributed by atoms with Gasteiger partial charge >= 0.3 is 0 Å². The van der Waals surface area contributed by atoms with Crippen molar-refractivity contribution < 1.29 is 9.36 Å². The summed E-state index contributed by atoms with van der Waals surface area (Å²) in [6, 6.07) is 23.7. The number of hydrogen-bond donors (Lipinski definition) is 0. The van der Waals surface area contributed by atoms with Gasteiger partial charge in [-0.3, -0.25) is 4.79 Å². The van der Waals surface area contributed by atoms with Crippen LogP contribution in [0.5, 0.6) is 0 Å². The van der Waals surface area contributed by atoms with Crippen LogP contribution in [0.1, 0.15) is 21.5 Å². The van der Waals surface area contributed by atoms with Crippen molar-refractivity contribution in [1.29, 1.82) is 0 Å². The first-order valence-corrected chi connectivity index (χ1v) is 9.58. The average Bonchev–Trinajstić information content (AvgIpc) is 2.64. The van der Waals surface area contributed by atoms with Gasteiger partial charge in [0.05, 0.1) is 0 Å². The minimum atomic E-state index is -3.42. The largest absolute Gasteiger partial charge is 0.305 e. The van der Waals surface area contributed by atoms with Crippen LogP contribution in [0.2, 0.25) is 0 Å². The van der Waals surface area contributed by atoms with E-state index in [1.807, 2.05) is 62.4 Å². The van der Waals surface area contributed by atoms with Gasteiger partial charge in [0.15, 0.2) is 0 Å². The Hall–Kier alpha value is -2.44. The summed E-state index contributed by atoms with van der Waals surface area (Å²) in [5, 5.41) is 1.14. The minimum absolute atomic E-state index is 0.305. The first-order valence-electron chi connectivity index (χ1n) is 7.87. The molecule has 0 atom stereocenters. The van der Waals surface area contributed by atoms with E-state index in [1.54, 1.807) is 30.3 Å². The lowest BCUT2D eigenvalue weighted by atomic mass is 10.0. The lowest BCUT2D eigenvalue weighted by Gasteiger charge is -2.19. The molecule has 3 rings (SSSR count). The summed E-state index contributed by atoms with van der Waals surface area (Å²) in [4.78, 5) is 13.4. The van der Waals surface area contributed by atoms with Crippen molar-refractivity contribution in [3.05, 3.63) is 95.6 Å². The van der Waals surface area contributed by atoms with Crippen molar-refractivity contribution in [2.24, 2.45) is 0 Å². The Balaban J connectivity index is 2.25. The molecule has 0 aliphatic rings. The van der Waals surface area contributed by atoms with Crippen LogP contribution in [0, 0.1) is 13.8 Å². The monoisotopic (exact) mass is 334 g/mol. The highest BCUT2D eigenvalue weighted by molar-refractivity contribution is 7.93. The second-order valence-electron chi connectivity index (χ2n) is 5.83. The third kappa shape index (κ3) is 2.74. The summed E-state index contributed by atoms with van der Waals surface area (Å²) in [6.45, 7) is 3.87. The van der Waals surface area contributed by atoms with Crippen LogP contribution >= 0.6 is 7.14 Å². The Labute approximate surface area is 142 Å². The number of hydrogen-bond acceptors (Lipinski definition) is 2. The molecule has 3 aromatic carbocycles. The molecule has 2 nitrogen and oxygen atoms in total. The van der Waals surface area contributed by atoms with Gasteiger partial charge in [-0.25, -0.2) is 0 Å². The number of benzene rings is 3. The highest BCUT2D eigenvalue weighted by atomic mass is 31.2. The van der Waals surface area contributed by atoms with Crippen molar-refractivity contribution in [1.82, 2.24) is 0 Å². The molecule has 0 N–H and O–H groups in total. The fourth-order valence-electron chi connectivity index (χ4n) is 2.81. The predicted octanol–water partition coefficient (Wildman–Crippen LogP) is 4.46. The van der Waals surface area contributed by atoms with Crippen molar-refractivity contribution in [2.75, 3.05) is 0 Å². The Morgan fingerprint density at radius 3 is 1.71 bits per heavy atom. The second kappa shape index (κ2) is 6.59. The highest BCUT2D eigenvalue weighted by Gasteiger charge is 2.37. The van der Waals surface area contributed by atoms with Crippen LogP contribution < -0.4 is 10.6 Å². The second-order valence-corrected chi connectivity index (χ2v) is 8.49. The molecule has 0 amide bonds. The first-order chi connectivity index (χ1) is 11.5. The first kappa shape index (κ1) is 16.4. The van der Waals surface area contributed by atoms with Gasteiger partial charge in [-0.05, 0) is 25.0 Å². The lowest BCUT2D eigenvalue weighted by molar-refractivity contribution is 0.107. The van der Waals surface area contributed by atoms with Crippen molar-refractivity contribution in [3.8, 4) is 0 Å². The van der Waals surface area contributed by atoms with Gasteiger partial charge in [0.2, 0.25) is 12.7 Å². The standard InChI is InChI=1S/C21H19O2P/c1-16-10-9-15-20(17(16)2)21(22)24(23,18-11-5-3-6-12-18)19-13-7-4-8-14-19/h3-15H,1-2H3. The fourth-order valence-corrected chi connectivity index (χ4v) is 5.34. The van der Waals surface area contributed by atoms with E-state index >= 15 is 0 Å². The van der Waals surface area contributed by atoms with Gasteiger partial charge in [0.1, 0.15) is 0 Å². The number of rotatable bonds is 4. The van der Waals surface area contributed by atoms with Crippen molar-refractivity contribution in [3.63, 3.8) is 0 Å². The van der Waals surface area contributed by atoms with Crippen LogP contribution in [0.3, 0.4) is 0 Å². The molecule has 0 unspecified atom stereocenters. The number of carbonyl (C=O) groups excluding carboxylic acids is 1. The SMILES string of the molecule is Cc1cccc(C(=O)P(=O)(c2ccccc2)c2ccccc2)c1C. The molecule has 0 aliphatic carbocycles. The summed E-state index contributed by atoms with van der Waals surface area (Å²) < 4.78 is 14.0. The molecule has 3 heteroatoms. The summed E-state index contributed by atoms with van der Waals surface area (Å²) >= 11 is 0. The van der Waals surface area contributed by atoms with E-state index in [9.17, 15) is 9.36 Å². The smallest absolute Gasteiger partial charge is 0.230 e. The summed E-state index contributed by atoms with van der Waals surface area (Å²) in [5.74, 6) is 0. The molecule has 120 valence electrons. The molecule has 0 spiro atoms. The van der Waals surface area contributed by atoms with E-state index in [-0.39, 0.29) is 5.52 Å².